The average molecular weight is 278 g/mol. The van der Waals surface area contributed by atoms with Gasteiger partial charge < -0.3 is 10.6 Å². The van der Waals surface area contributed by atoms with E-state index in [2.05, 4.69) is 16.7 Å². The fourth-order valence-electron chi connectivity index (χ4n) is 2.77. The first-order chi connectivity index (χ1) is 9.33. The van der Waals surface area contributed by atoms with Gasteiger partial charge in [0.2, 0.25) is 0 Å². The predicted octanol–water partition coefficient (Wildman–Crippen LogP) is 2.36. The molecule has 1 aromatic rings. The predicted molar refractivity (Wildman–Crippen MR) is 78.9 cm³/mol. The summed E-state index contributed by atoms with van der Waals surface area (Å²) in [7, 11) is 0. The molecule has 0 unspecified atom stereocenters. The van der Waals surface area contributed by atoms with Crippen LogP contribution < -0.4 is 10.6 Å². The van der Waals surface area contributed by atoms with Gasteiger partial charge in [-0.3, -0.25) is 4.79 Å². The highest BCUT2D eigenvalue weighted by molar-refractivity contribution is 7.14. The van der Waals surface area contributed by atoms with E-state index >= 15 is 0 Å². The molecular weight excluding hydrogens is 256 g/mol. The lowest BCUT2D eigenvalue weighted by Gasteiger charge is -2.26. The van der Waals surface area contributed by atoms with E-state index in [9.17, 15) is 4.79 Å². The van der Waals surface area contributed by atoms with Crippen molar-refractivity contribution in [2.45, 2.75) is 38.5 Å². The van der Waals surface area contributed by atoms with Crippen molar-refractivity contribution in [3.63, 3.8) is 0 Å². The quantitative estimate of drug-likeness (QED) is 0.891. The van der Waals surface area contributed by atoms with Crippen molar-refractivity contribution >= 4 is 17.2 Å². The second-order valence-corrected chi connectivity index (χ2v) is 6.84. The van der Waals surface area contributed by atoms with Crippen LogP contribution in [0, 0.1) is 5.92 Å². The lowest BCUT2D eigenvalue weighted by molar-refractivity contribution is 0.0946. The van der Waals surface area contributed by atoms with Crippen LogP contribution in [0.3, 0.4) is 0 Å². The molecule has 1 fully saturated rings. The normalized spacial score (nSPS) is 20.0. The highest BCUT2D eigenvalue weighted by Gasteiger charge is 2.19. The van der Waals surface area contributed by atoms with E-state index in [-0.39, 0.29) is 5.91 Å². The Morgan fingerprint density at radius 1 is 1.26 bits per heavy atom. The zero-order chi connectivity index (χ0) is 13.1. The summed E-state index contributed by atoms with van der Waals surface area (Å²) in [4.78, 5) is 14.5. The van der Waals surface area contributed by atoms with Gasteiger partial charge in [0, 0.05) is 30.4 Å². The zero-order valence-electron chi connectivity index (χ0n) is 11.3. The summed E-state index contributed by atoms with van der Waals surface area (Å²) in [6.45, 7) is 2.90. The maximum Gasteiger partial charge on any atom is 0.261 e. The molecule has 2 aliphatic rings. The van der Waals surface area contributed by atoms with Crippen LogP contribution in [0.15, 0.2) is 6.07 Å². The van der Waals surface area contributed by atoms with Crippen molar-refractivity contribution in [3.05, 3.63) is 21.4 Å². The molecule has 0 bridgehead atoms. The molecule has 2 N–H and O–H groups in total. The third-order valence-electron chi connectivity index (χ3n) is 4.14. The molecule has 0 spiro atoms. The number of nitrogens with one attached hydrogen (secondary N) is 2. The Morgan fingerprint density at radius 2 is 2.05 bits per heavy atom. The smallest absolute Gasteiger partial charge is 0.261 e. The Morgan fingerprint density at radius 3 is 2.79 bits per heavy atom. The third-order valence-corrected chi connectivity index (χ3v) is 5.37. The van der Waals surface area contributed by atoms with E-state index in [1.807, 2.05) is 0 Å². The van der Waals surface area contributed by atoms with Crippen LogP contribution >= 0.6 is 11.3 Å². The van der Waals surface area contributed by atoms with Gasteiger partial charge >= 0.3 is 0 Å². The molecule has 19 heavy (non-hydrogen) atoms. The third kappa shape index (κ3) is 3.18. The molecule has 0 radical (unpaired) electrons. The number of carbonyl (C=O) groups is 1. The molecule has 4 heteroatoms. The first-order valence-corrected chi connectivity index (χ1v) is 8.25. The van der Waals surface area contributed by atoms with Crippen LogP contribution in [0.5, 0.6) is 0 Å². The van der Waals surface area contributed by atoms with Crippen molar-refractivity contribution in [1.82, 2.24) is 10.6 Å². The number of hydrogen-bond acceptors (Lipinski definition) is 3. The Balaban J connectivity index is 1.63. The SMILES string of the molecule is O=C(NCC1CNC1)c1cc2c(s1)CCCCCC2. The van der Waals surface area contributed by atoms with Gasteiger partial charge in [-0.1, -0.05) is 12.8 Å². The number of fused-ring (bicyclic) bond motifs is 1. The number of amides is 1. The van der Waals surface area contributed by atoms with E-state index in [1.54, 1.807) is 11.3 Å². The second kappa shape index (κ2) is 6.06. The molecule has 104 valence electrons. The Kier molecular flexibility index (Phi) is 4.18. The van der Waals surface area contributed by atoms with Crippen LogP contribution in [0.2, 0.25) is 0 Å². The molecule has 0 aromatic carbocycles. The number of carbonyl (C=O) groups excluding carboxylic acids is 1. The van der Waals surface area contributed by atoms with Crippen LogP contribution in [-0.4, -0.2) is 25.5 Å². The summed E-state index contributed by atoms with van der Waals surface area (Å²) in [5.41, 5.74) is 1.43. The molecule has 1 aliphatic heterocycles. The molecule has 1 aliphatic carbocycles. The van der Waals surface area contributed by atoms with Crippen molar-refractivity contribution < 1.29 is 4.79 Å². The molecular formula is C15H22N2OS. The van der Waals surface area contributed by atoms with Gasteiger partial charge in [-0.25, -0.2) is 0 Å². The molecule has 3 rings (SSSR count). The van der Waals surface area contributed by atoms with Crippen LogP contribution in [0.4, 0.5) is 0 Å². The highest BCUT2D eigenvalue weighted by Crippen LogP contribution is 2.28. The Hall–Kier alpha value is -0.870. The number of aryl methyl sites for hydroxylation is 2. The minimum Gasteiger partial charge on any atom is -0.351 e. The fraction of sp³-hybridized carbons (Fsp3) is 0.667. The summed E-state index contributed by atoms with van der Waals surface area (Å²) < 4.78 is 0. The second-order valence-electron chi connectivity index (χ2n) is 5.71. The van der Waals surface area contributed by atoms with E-state index < -0.39 is 0 Å². The van der Waals surface area contributed by atoms with Gasteiger partial charge in [-0.2, -0.15) is 0 Å². The maximum absolute atomic E-state index is 12.2. The topological polar surface area (TPSA) is 41.1 Å². The maximum atomic E-state index is 12.2. The van der Waals surface area contributed by atoms with Crippen LogP contribution in [0.1, 0.15) is 45.8 Å². The lowest BCUT2D eigenvalue weighted by atomic mass is 10.00. The van der Waals surface area contributed by atoms with Crippen molar-refractivity contribution in [2.24, 2.45) is 5.92 Å². The zero-order valence-corrected chi connectivity index (χ0v) is 12.2. The fourth-order valence-corrected chi connectivity index (χ4v) is 3.94. The average Bonchev–Trinajstić information content (AvgIpc) is 2.69. The minimum absolute atomic E-state index is 0.128. The number of rotatable bonds is 3. The molecule has 3 nitrogen and oxygen atoms in total. The summed E-state index contributed by atoms with van der Waals surface area (Å²) in [6.07, 6.45) is 7.56. The molecule has 1 saturated heterocycles. The van der Waals surface area contributed by atoms with E-state index in [0.717, 1.165) is 30.9 Å². The summed E-state index contributed by atoms with van der Waals surface area (Å²) >= 11 is 1.72. The molecule has 0 saturated carbocycles. The van der Waals surface area contributed by atoms with Gasteiger partial charge in [0.25, 0.3) is 5.91 Å². The van der Waals surface area contributed by atoms with Crippen LogP contribution in [-0.2, 0) is 12.8 Å². The lowest BCUT2D eigenvalue weighted by Crippen LogP contribution is -2.48. The first-order valence-electron chi connectivity index (χ1n) is 7.43. The Labute approximate surface area is 118 Å². The van der Waals surface area contributed by atoms with Crippen molar-refractivity contribution in [3.8, 4) is 0 Å². The summed E-state index contributed by atoms with van der Waals surface area (Å²) in [6, 6.07) is 2.14. The van der Waals surface area contributed by atoms with Gasteiger partial charge in [0.15, 0.2) is 0 Å². The highest BCUT2D eigenvalue weighted by atomic mass is 32.1. The van der Waals surface area contributed by atoms with E-state index in [0.29, 0.717) is 5.92 Å². The summed E-state index contributed by atoms with van der Waals surface area (Å²) in [5.74, 6) is 0.758. The van der Waals surface area contributed by atoms with Crippen LogP contribution in [0.25, 0.3) is 0 Å². The van der Waals surface area contributed by atoms with Crippen molar-refractivity contribution in [1.29, 1.82) is 0 Å². The van der Waals surface area contributed by atoms with Gasteiger partial charge in [-0.05, 0) is 37.3 Å². The molecule has 2 heterocycles. The molecule has 1 aromatic heterocycles. The monoisotopic (exact) mass is 278 g/mol. The standard InChI is InChI=1S/C15H22N2OS/c18-15(17-10-11-8-16-9-11)14-7-12-5-3-1-2-4-6-13(12)19-14/h7,11,16H,1-6,8-10H2,(H,17,18). The van der Waals surface area contributed by atoms with Gasteiger partial charge in [0.05, 0.1) is 4.88 Å². The van der Waals surface area contributed by atoms with E-state index in [1.165, 1.54) is 42.5 Å². The van der Waals surface area contributed by atoms with E-state index in [4.69, 9.17) is 0 Å². The van der Waals surface area contributed by atoms with Gasteiger partial charge in [0.1, 0.15) is 0 Å². The number of hydrogen-bond donors (Lipinski definition) is 2. The first kappa shape index (κ1) is 13.1. The largest absolute Gasteiger partial charge is 0.351 e. The van der Waals surface area contributed by atoms with Gasteiger partial charge in [-0.15, -0.1) is 11.3 Å². The minimum atomic E-state index is 0.128. The summed E-state index contributed by atoms with van der Waals surface area (Å²) in [5, 5.41) is 6.30. The van der Waals surface area contributed by atoms with Crippen molar-refractivity contribution in [2.75, 3.05) is 19.6 Å². The molecule has 1 amide bonds. The number of thiophene rings is 1. The Bertz CT molecular complexity index is 425. The molecule has 0 atom stereocenters.